The second kappa shape index (κ2) is 7.70. The lowest BCUT2D eigenvalue weighted by molar-refractivity contribution is -0.133. The Hall–Kier alpha value is -2.34. The number of hydrogen-bond donors (Lipinski definition) is 1. The molecule has 0 saturated carbocycles. The molecule has 1 aliphatic heterocycles. The van der Waals surface area contributed by atoms with Crippen LogP contribution >= 0.6 is 11.3 Å². The van der Waals surface area contributed by atoms with Gasteiger partial charge in [-0.25, -0.2) is 0 Å². The van der Waals surface area contributed by atoms with Gasteiger partial charge in [0, 0.05) is 6.54 Å². The van der Waals surface area contributed by atoms with E-state index in [-0.39, 0.29) is 17.9 Å². The Labute approximate surface area is 151 Å². The summed E-state index contributed by atoms with van der Waals surface area (Å²) in [5.41, 5.74) is 1.10. The molecule has 3 rings (SSSR count). The van der Waals surface area contributed by atoms with E-state index in [0.717, 1.165) is 30.7 Å². The molecule has 132 valence electrons. The van der Waals surface area contributed by atoms with Crippen LogP contribution in [0.3, 0.4) is 0 Å². The largest absolute Gasteiger partial charge is 0.497 e. The first kappa shape index (κ1) is 17.5. The van der Waals surface area contributed by atoms with E-state index in [1.807, 2.05) is 40.6 Å². The summed E-state index contributed by atoms with van der Waals surface area (Å²) in [6, 6.07) is 10.9. The third-order valence-corrected chi connectivity index (χ3v) is 5.37. The zero-order chi connectivity index (χ0) is 17.8. The molecule has 0 bridgehead atoms. The van der Waals surface area contributed by atoms with Gasteiger partial charge in [0.05, 0.1) is 18.0 Å². The minimum Gasteiger partial charge on any atom is -0.497 e. The number of carbonyl (C=O) groups excluding carboxylic acids is 2. The monoisotopic (exact) mass is 358 g/mol. The molecule has 0 radical (unpaired) electrons. The van der Waals surface area contributed by atoms with E-state index in [1.54, 1.807) is 20.1 Å². The first-order chi connectivity index (χ1) is 12.1. The van der Waals surface area contributed by atoms with Crippen molar-refractivity contribution in [3.63, 3.8) is 0 Å². The van der Waals surface area contributed by atoms with Gasteiger partial charge in [0.25, 0.3) is 5.91 Å². The van der Waals surface area contributed by atoms with E-state index in [1.165, 1.54) is 11.3 Å². The minimum absolute atomic E-state index is 0.0387. The second-order valence-electron chi connectivity index (χ2n) is 6.14. The zero-order valence-corrected chi connectivity index (χ0v) is 15.2. The summed E-state index contributed by atoms with van der Waals surface area (Å²) in [4.78, 5) is 27.5. The molecule has 1 aliphatic rings. The number of hydrogen-bond acceptors (Lipinski definition) is 4. The number of ether oxygens (including phenoxy) is 1. The summed E-state index contributed by atoms with van der Waals surface area (Å²) in [6.45, 7) is 2.46. The van der Waals surface area contributed by atoms with E-state index < -0.39 is 6.04 Å². The summed E-state index contributed by atoms with van der Waals surface area (Å²) in [7, 11) is 1.64. The maximum Gasteiger partial charge on any atom is 0.261 e. The van der Waals surface area contributed by atoms with Crippen molar-refractivity contribution in [3.05, 3.63) is 52.2 Å². The molecule has 25 heavy (non-hydrogen) atoms. The van der Waals surface area contributed by atoms with Crippen LogP contribution in [0.25, 0.3) is 0 Å². The molecule has 1 fully saturated rings. The highest BCUT2D eigenvalue weighted by molar-refractivity contribution is 7.12. The van der Waals surface area contributed by atoms with Gasteiger partial charge in [-0.1, -0.05) is 18.2 Å². The highest BCUT2D eigenvalue weighted by Gasteiger charge is 2.33. The topological polar surface area (TPSA) is 58.6 Å². The van der Waals surface area contributed by atoms with Crippen molar-refractivity contribution in [1.29, 1.82) is 0 Å². The van der Waals surface area contributed by atoms with Crippen LogP contribution in [-0.4, -0.2) is 36.4 Å². The summed E-state index contributed by atoms with van der Waals surface area (Å²) in [6.07, 6.45) is 1.90. The van der Waals surface area contributed by atoms with Crippen molar-refractivity contribution in [2.24, 2.45) is 0 Å². The molecule has 6 heteroatoms. The fourth-order valence-electron chi connectivity index (χ4n) is 3.19. The molecular weight excluding hydrogens is 336 g/mol. The molecule has 0 unspecified atom stereocenters. The molecule has 2 amide bonds. The zero-order valence-electron chi connectivity index (χ0n) is 14.4. The molecule has 0 aliphatic carbocycles. The van der Waals surface area contributed by atoms with Crippen LogP contribution in [0.1, 0.15) is 41.0 Å². The van der Waals surface area contributed by atoms with Gasteiger partial charge in [-0.05, 0) is 48.9 Å². The third kappa shape index (κ3) is 3.85. The average Bonchev–Trinajstić information content (AvgIpc) is 3.32. The molecule has 2 aromatic rings. The molecular formula is C19H22N2O3S. The second-order valence-corrected chi connectivity index (χ2v) is 7.08. The number of likely N-dealkylation sites (tertiary alicyclic amines) is 1. The number of rotatable bonds is 5. The van der Waals surface area contributed by atoms with Crippen molar-refractivity contribution in [2.45, 2.75) is 31.8 Å². The Kier molecular flexibility index (Phi) is 5.38. The molecule has 1 saturated heterocycles. The lowest BCUT2D eigenvalue weighted by Crippen LogP contribution is -2.46. The maximum atomic E-state index is 12.8. The Balaban J connectivity index is 1.68. The van der Waals surface area contributed by atoms with Crippen LogP contribution in [0.4, 0.5) is 0 Å². The fraction of sp³-hybridized carbons (Fsp3) is 0.368. The Morgan fingerprint density at radius 3 is 2.68 bits per heavy atom. The summed E-state index contributed by atoms with van der Waals surface area (Å²) < 4.78 is 5.20. The number of methoxy groups -OCH3 is 1. The van der Waals surface area contributed by atoms with Crippen molar-refractivity contribution >= 4 is 23.2 Å². The smallest absolute Gasteiger partial charge is 0.261 e. The molecule has 1 aromatic heterocycles. The quantitative estimate of drug-likeness (QED) is 0.893. The normalized spacial score (nSPS) is 18.0. The van der Waals surface area contributed by atoms with Crippen molar-refractivity contribution < 1.29 is 14.3 Å². The van der Waals surface area contributed by atoms with E-state index in [0.29, 0.717) is 4.88 Å². The molecule has 5 nitrogen and oxygen atoms in total. The number of benzene rings is 1. The first-order valence-corrected chi connectivity index (χ1v) is 9.27. The Morgan fingerprint density at radius 1 is 1.28 bits per heavy atom. The third-order valence-electron chi connectivity index (χ3n) is 4.50. The number of thiophene rings is 1. The minimum atomic E-state index is -0.548. The van der Waals surface area contributed by atoms with Gasteiger partial charge >= 0.3 is 0 Å². The van der Waals surface area contributed by atoms with E-state index >= 15 is 0 Å². The van der Waals surface area contributed by atoms with Crippen molar-refractivity contribution in [2.75, 3.05) is 13.7 Å². The Bertz CT molecular complexity index is 728. The van der Waals surface area contributed by atoms with Crippen LogP contribution < -0.4 is 10.1 Å². The summed E-state index contributed by atoms with van der Waals surface area (Å²) >= 11 is 1.37. The van der Waals surface area contributed by atoms with Crippen LogP contribution in [0.2, 0.25) is 0 Å². The van der Waals surface area contributed by atoms with Crippen molar-refractivity contribution in [3.8, 4) is 5.75 Å². The van der Waals surface area contributed by atoms with Gasteiger partial charge in [0.2, 0.25) is 5.91 Å². The highest BCUT2D eigenvalue weighted by atomic mass is 32.1. The molecule has 1 N–H and O–H groups in total. The lowest BCUT2D eigenvalue weighted by atomic mass is 10.0. The average molecular weight is 358 g/mol. The van der Waals surface area contributed by atoms with Gasteiger partial charge in [0.15, 0.2) is 0 Å². The van der Waals surface area contributed by atoms with E-state index in [4.69, 9.17) is 4.74 Å². The van der Waals surface area contributed by atoms with Crippen LogP contribution in [0, 0.1) is 0 Å². The molecule has 0 spiro atoms. The van der Waals surface area contributed by atoms with Gasteiger partial charge in [-0.15, -0.1) is 11.3 Å². The Morgan fingerprint density at radius 2 is 2.04 bits per heavy atom. The van der Waals surface area contributed by atoms with Gasteiger partial charge in [0.1, 0.15) is 11.8 Å². The standard InChI is InChI=1S/C19H22N2O3S/c1-13(20-18(22)17-6-4-12-25-17)19(23)21-11-3-5-16(21)14-7-9-15(24-2)10-8-14/h4,6-10,12-13,16H,3,5,11H2,1-2H3,(H,20,22)/t13-,16+/m0/s1. The maximum absolute atomic E-state index is 12.8. The number of nitrogens with one attached hydrogen (secondary N) is 1. The number of nitrogens with zero attached hydrogens (tertiary/aromatic N) is 1. The van der Waals surface area contributed by atoms with E-state index in [2.05, 4.69) is 5.32 Å². The molecule has 1 aromatic carbocycles. The van der Waals surface area contributed by atoms with Gasteiger partial charge in [-0.3, -0.25) is 9.59 Å². The highest BCUT2D eigenvalue weighted by Crippen LogP contribution is 2.33. The number of amides is 2. The lowest BCUT2D eigenvalue weighted by Gasteiger charge is -2.28. The molecule has 2 heterocycles. The predicted octanol–water partition coefficient (Wildman–Crippen LogP) is 3.24. The van der Waals surface area contributed by atoms with Crippen LogP contribution in [-0.2, 0) is 4.79 Å². The predicted molar refractivity (Wildman–Crippen MR) is 97.9 cm³/mol. The fourth-order valence-corrected chi connectivity index (χ4v) is 3.82. The van der Waals surface area contributed by atoms with Crippen LogP contribution in [0.15, 0.2) is 41.8 Å². The van der Waals surface area contributed by atoms with Gasteiger partial charge in [-0.2, -0.15) is 0 Å². The van der Waals surface area contributed by atoms with Crippen molar-refractivity contribution in [1.82, 2.24) is 10.2 Å². The van der Waals surface area contributed by atoms with Crippen LogP contribution in [0.5, 0.6) is 5.75 Å². The van der Waals surface area contributed by atoms with Gasteiger partial charge < -0.3 is 15.0 Å². The molecule has 2 atom stereocenters. The SMILES string of the molecule is COc1ccc([C@H]2CCCN2C(=O)[C@H](C)NC(=O)c2cccs2)cc1. The summed E-state index contributed by atoms with van der Waals surface area (Å²) in [5, 5.41) is 4.66. The van der Waals surface area contributed by atoms with E-state index in [9.17, 15) is 9.59 Å². The summed E-state index contributed by atoms with van der Waals surface area (Å²) in [5.74, 6) is 0.565. The number of carbonyl (C=O) groups is 2. The first-order valence-electron chi connectivity index (χ1n) is 8.39.